The molecule has 1 aliphatic carbocycles. The van der Waals surface area contributed by atoms with Gasteiger partial charge >= 0.3 is 0 Å². The Kier molecular flexibility index (Phi) is 2.67. The average molecular weight is 308 g/mol. The molecule has 3 heterocycles. The molecule has 4 heteroatoms. The van der Waals surface area contributed by atoms with Crippen LogP contribution in [0.2, 0.25) is 0 Å². The number of furan rings is 1. The van der Waals surface area contributed by atoms with Crippen LogP contribution in [-0.2, 0) is 0 Å². The molecule has 1 spiro atoms. The zero-order valence-electron chi connectivity index (χ0n) is 13.3. The lowest BCUT2D eigenvalue weighted by atomic mass is 9.95. The minimum atomic E-state index is -0.262. The van der Waals surface area contributed by atoms with Crippen LogP contribution >= 0.6 is 0 Å². The summed E-state index contributed by atoms with van der Waals surface area (Å²) in [6, 6.07) is 12.7. The Morgan fingerprint density at radius 1 is 1.13 bits per heavy atom. The smallest absolute Gasteiger partial charge is 0.198 e. The van der Waals surface area contributed by atoms with Crippen molar-refractivity contribution in [2.45, 2.75) is 50.8 Å². The van der Waals surface area contributed by atoms with Crippen molar-refractivity contribution in [2.24, 2.45) is 5.10 Å². The lowest BCUT2D eigenvalue weighted by Gasteiger charge is -2.45. The molecule has 0 N–H and O–H groups in total. The highest BCUT2D eigenvalue weighted by Crippen LogP contribution is 2.51. The first-order valence-corrected chi connectivity index (χ1v) is 8.47. The highest BCUT2D eigenvalue weighted by Gasteiger charge is 2.51. The lowest BCUT2D eigenvalue weighted by molar-refractivity contribution is -0.114. The second-order valence-corrected chi connectivity index (χ2v) is 6.81. The molecule has 2 aliphatic heterocycles. The largest absolute Gasteiger partial charge is 0.466 e. The van der Waals surface area contributed by atoms with Crippen molar-refractivity contribution in [1.82, 2.24) is 5.01 Å². The maximum absolute atomic E-state index is 6.47. The molecule has 5 rings (SSSR count). The molecule has 23 heavy (non-hydrogen) atoms. The molecule has 0 unspecified atom stereocenters. The summed E-state index contributed by atoms with van der Waals surface area (Å²) in [4.78, 5) is 0. The molecule has 3 aliphatic rings. The van der Waals surface area contributed by atoms with Gasteiger partial charge in [-0.3, -0.25) is 0 Å². The monoisotopic (exact) mass is 308 g/mol. The first-order chi connectivity index (χ1) is 11.3. The van der Waals surface area contributed by atoms with Gasteiger partial charge in [0.15, 0.2) is 5.72 Å². The Morgan fingerprint density at radius 2 is 1.96 bits per heavy atom. The van der Waals surface area contributed by atoms with Gasteiger partial charge in [0, 0.05) is 24.8 Å². The van der Waals surface area contributed by atoms with Crippen LogP contribution in [0.4, 0.5) is 0 Å². The Balaban J connectivity index is 1.61. The van der Waals surface area contributed by atoms with E-state index in [4.69, 9.17) is 14.3 Å². The van der Waals surface area contributed by atoms with Gasteiger partial charge in [-0.2, -0.15) is 5.10 Å². The van der Waals surface area contributed by atoms with Crippen LogP contribution in [0.1, 0.15) is 55.2 Å². The molecule has 1 atom stereocenters. The van der Waals surface area contributed by atoms with Crippen LogP contribution in [0, 0.1) is 6.92 Å². The minimum Gasteiger partial charge on any atom is -0.466 e. The van der Waals surface area contributed by atoms with E-state index >= 15 is 0 Å². The van der Waals surface area contributed by atoms with Crippen LogP contribution < -0.4 is 4.74 Å². The van der Waals surface area contributed by atoms with Gasteiger partial charge in [-0.15, -0.1) is 0 Å². The number of para-hydroxylation sites is 1. The van der Waals surface area contributed by atoms with Crippen molar-refractivity contribution in [3.8, 4) is 5.75 Å². The minimum absolute atomic E-state index is 0.262. The third-order valence-corrected chi connectivity index (χ3v) is 5.32. The van der Waals surface area contributed by atoms with Crippen LogP contribution in [-0.4, -0.2) is 16.4 Å². The van der Waals surface area contributed by atoms with E-state index in [2.05, 4.69) is 29.3 Å². The van der Waals surface area contributed by atoms with Gasteiger partial charge in [-0.25, -0.2) is 5.01 Å². The van der Waals surface area contributed by atoms with Crippen molar-refractivity contribution in [1.29, 1.82) is 0 Å². The Morgan fingerprint density at radius 3 is 2.74 bits per heavy atom. The van der Waals surface area contributed by atoms with Gasteiger partial charge in [-0.05, 0) is 38.0 Å². The molecule has 1 fully saturated rings. The van der Waals surface area contributed by atoms with E-state index in [1.54, 1.807) is 0 Å². The molecular formula is C19H20N2O2. The number of rotatable bonds is 1. The first-order valence-electron chi connectivity index (χ1n) is 8.47. The maximum Gasteiger partial charge on any atom is 0.198 e. The molecule has 118 valence electrons. The SMILES string of the molecule is Cc1ccc(C2=NN3[C@@H](C2)c2ccccc2OC32CCCC2)o1. The normalized spacial score (nSPS) is 24.3. The number of fused-ring (bicyclic) bond motifs is 4. The molecule has 0 amide bonds. The zero-order valence-corrected chi connectivity index (χ0v) is 13.3. The van der Waals surface area contributed by atoms with Crippen LogP contribution in [0.15, 0.2) is 45.9 Å². The number of hydrogen-bond acceptors (Lipinski definition) is 4. The van der Waals surface area contributed by atoms with E-state index in [0.29, 0.717) is 0 Å². The van der Waals surface area contributed by atoms with Crippen LogP contribution in [0.3, 0.4) is 0 Å². The highest BCUT2D eigenvalue weighted by molar-refractivity contribution is 5.99. The van der Waals surface area contributed by atoms with E-state index in [0.717, 1.165) is 42.2 Å². The fourth-order valence-electron chi connectivity index (χ4n) is 4.23. The van der Waals surface area contributed by atoms with E-state index in [1.807, 2.05) is 19.1 Å². The van der Waals surface area contributed by atoms with Crippen LogP contribution in [0.5, 0.6) is 5.75 Å². The van der Waals surface area contributed by atoms with E-state index in [9.17, 15) is 0 Å². The molecular weight excluding hydrogens is 288 g/mol. The van der Waals surface area contributed by atoms with Crippen molar-refractivity contribution in [3.05, 3.63) is 53.5 Å². The topological polar surface area (TPSA) is 38.0 Å². The van der Waals surface area contributed by atoms with Crippen molar-refractivity contribution < 1.29 is 9.15 Å². The number of ether oxygens (including phenoxy) is 1. The first kappa shape index (κ1) is 13.2. The molecule has 2 aromatic rings. The molecule has 0 bridgehead atoms. The second-order valence-electron chi connectivity index (χ2n) is 6.81. The van der Waals surface area contributed by atoms with Gasteiger partial charge in [0.2, 0.25) is 0 Å². The fourth-order valence-corrected chi connectivity index (χ4v) is 4.23. The van der Waals surface area contributed by atoms with Gasteiger partial charge in [-0.1, -0.05) is 18.2 Å². The van der Waals surface area contributed by atoms with Crippen LogP contribution in [0.25, 0.3) is 0 Å². The summed E-state index contributed by atoms with van der Waals surface area (Å²) in [7, 11) is 0. The van der Waals surface area contributed by atoms with Gasteiger partial charge in [0.1, 0.15) is 23.0 Å². The number of nitrogens with zero attached hydrogens (tertiary/aromatic N) is 2. The molecule has 1 aromatic heterocycles. The van der Waals surface area contributed by atoms with E-state index in [-0.39, 0.29) is 11.8 Å². The summed E-state index contributed by atoms with van der Waals surface area (Å²) in [6.07, 6.45) is 5.39. The summed E-state index contributed by atoms with van der Waals surface area (Å²) in [6.45, 7) is 1.98. The predicted octanol–water partition coefficient (Wildman–Crippen LogP) is 4.40. The summed E-state index contributed by atoms with van der Waals surface area (Å²) >= 11 is 0. The average Bonchev–Trinajstić information content (AvgIpc) is 3.27. The summed E-state index contributed by atoms with van der Waals surface area (Å²) in [5, 5.41) is 7.19. The lowest BCUT2D eigenvalue weighted by Crippen LogP contribution is -2.51. The van der Waals surface area contributed by atoms with E-state index in [1.165, 1.54) is 18.4 Å². The molecule has 1 saturated carbocycles. The quantitative estimate of drug-likeness (QED) is 0.783. The molecule has 1 aromatic carbocycles. The number of aryl methyl sites for hydroxylation is 1. The summed E-state index contributed by atoms with van der Waals surface area (Å²) in [5.74, 6) is 2.85. The summed E-state index contributed by atoms with van der Waals surface area (Å²) < 4.78 is 12.3. The molecule has 0 radical (unpaired) electrons. The van der Waals surface area contributed by atoms with Gasteiger partial charge in [0.05, 0.1) is 6.04 Å². The van der Waals surface area contributed by atoms with Gasteiger partial charge in [0.25, 0.3) is 0 Å². The third kappa shape index (κ3) is 1.87. The molecule has 4 nitrogen and oxygen atoms in total. The van der Waals surface area contributed by atoms with Crippen molar-refractivity contribution >= 4 is 5.71 Å². The number of hydrogen-bond donors (Lipinski definition) is 0. The van der Waals surface area contributed by atoms with Crippen molar-refractivity contribution in [2.75, 3.05) is 0 Å². The number of benzene rings is 1. The summed E-state index contributed by atoms with van der Waals surface area (Å²) in [5.41, 5.74) is 2.02. The second kappa shape index (κ2) is 4.63. The highest BCUT2D eigenvalue weighted by atomic mass is 16.5. The predicted molar refractivity (Wildman–Crippen MR) is 87.4 cm³/mol. The Labute approximate surface area is 135 Å². The third-order valence-electron chi connectivity index (χ3n) is 5.32. The van der Waals surface area contributed by atoms with Crippen molar-refractivity contribution in [3.63, 3.8) is 0 Å². The standard InChI is InChI=1S/C19H20N2O2/c1-13-8-9-18(22-13)15-12-16-14-6-2-3-7-17(14)23-19(21(16)20-15)10-4-5-11-19/h2-3,6-9,16H,4-5,10-12H2,1H3/t16-/m0/s1. The Hall–Kier alpha value is -2.23. The van der Waals surface area contributed by atoms with E-state index < -0.39 is 0 Å². The Bertz CT molecular complexity index is 786. The fraction of sp³-hybridized carbons (Fsp3) is 0.421. The zero-order chi connectivity index (χ0) is 15.4. The maximum atomic E-state index is 6.47. The molecule has 0 saturated heterocycles. The van der Waals surface area contributed by atoms with Gasteiger partial charge < -0.3 is 9.15 Å². The number of hydrazone groups is 1.